The number of carbonyl (C=O) groups is 1. The van der Waals surface area contributed by atoms with Gasteiger partial charge >= 0.3 is 0 Å². The van der Waals surface area contributed by atoms with Crippen LogP contribution in [0.15, 0.2) is 59.5 Å². The van der Waals surface area contributed by atoms with Crippen molar-refractivity contribution in [3.8, 4) is 5.69 Å². The van der Waals surface area contributed by atoms with Crippen molar-refractivity contribution in [2.45, 2.75) is 31.7 Å². The summed E-state index contributed by atoms with van der Waals surface area (Å²) in [5.74, 6) is -1.47. The Hall–Kier alpha value is -3.04. The molecule has 0 spiro atoms. The van der Waals surface area contributed by atoms with Crippen molar-refractivity contribution < 1.29 is 17.6 Å². The second-order valence-electron chi connectivity index (χ2n) is 6.56. The molecule has 7 nitrogen and oxygen atoms in total. The van der Waals surface area contributed by atoms with Gasteiger partial charge in [0, 0.05) is 0 Å². The van der Waals surface area contributed by atoms with Gasteiger partial charge in [-0.1, -0.05) is 30.3 Å². The molecular weight excluding hydrogens is 395 g/mol. The lowest BCUT2D eigenvalue weighted by Gasteiger charge is -2.15. The highest BCUT2D eigenvalue weighted by atomic mass is 32.2. The molecule has 2 aromatic carbocycles. The predicted octanol–water partition coefficient (Wildman–Crippen LogP) is 2.93. The number of sulfonamides is 1. The van der Waals surface area contributed by atoms with Gasteiger partial charge in [0.25, 0.3) is 0 Å². The summed E-state index contributed by atoms with van der Waals surface area (Å²) >= 11 is 0. The van der Waals surface area contributed by atoms with Crippen LogP contribution in [0.3, 0.4) is 0 Å². The molecule has 1 atom stereocenters. The topological polar surface area (TPSA) is 93.1 Å². The van der Waals surface area contributed by atoms with Gasteiger partial charge < -0.3 is 5.32 Å². The number of carbonyl (C=O) groups excluding carboxylic acids is 1. The van der Waals surface area contributed by atoms with Crippen LogP contribution in [-0.2, 0) is 14.8 Å². The molecule has 1 amide bonds. The van der Waals surface area contributed by atoms with Crippen LogP contribution in [0.4, 0.5) is 10.1 Å². The molecular formula is C20H21FN4O3S. The number of nitrogens with one attached hydrogen (secondary N) is 2. The molecule has 0 bridgehead atoms. The van der Waals surface area contributed by atoms with E-state index in [1.165, 1.54) is 19.1 Å². The van der Waals surface area contributed by atoms with Gasteiger partial charge in [-0.15, -0.1) is 0 Å². The smallest absolute Gasteiger partial charge is 0.244 e. The average Bonchev–Trinajstić information content (AvgIpc) is 2.96. The SMILES string of the molecule is Cc1nn(-c2ccccc2)c(C)c1NC(=O)[C@H](C)NS(=O)(=O)c1ccccc1F. The van der Waals surface area contributed by atoms with Crippen molar-refractivity contribution in [2.75, 3.05) is 5.32 Å². The minimum atomic E-state index is -4.19. The minimum absolute atomic E-state index is 0.496. The first-order chi connectivity index (χ1) is 13.7. The highest BCUT2D eigenvalue weighted by Gasteiger charge is 2.25. The Morgan fingerprint density at radius 2 is 1.69 bits per heavy atom. The number of hydrogen-bond donors (Lipinski definition) is 2. The second-order valence-corrected chi connectivity index (χ2v) is 8.24. The number of anilines is 1. The molecule has 0 aliphatic heterocycles. The third kappa shape index (κ3) is 4.36. The lowest BCUT2D eigenvalue weighted by Crippen LogP contribution is -2.41. The Labute approximate surface area is 168 Å². The van der Waals surface area contributed by atoms with Crippen LogP contribution in [0.25, 0.3) is 5.69 Å². The molecule has 3 rings (SSSR count). The van der Waals surface area contributed by atoms with Crippen molar-refractivity contribution >= 4 is 21.6 Å². The van der Waals surface area contributed by atoms with E-state index in [1.807, 2.05) is 30.3 Å². The fraction of sp³-hybridized carbons (Fsp3) is 0.200. The number of aryl methyl sites for hydroxylation is 1. The largest absolute Gasteiger partial charge is 0.322 e. The van der Waals surface area contributed by atoms with Gasteiger partial charge in [0.05, 0.1) is 28.8 Å². The molecule has 152 valence electrons. The molecule has 9 heteroatoms. The molecule has 1 heterocycles. The van der Waals surface area contributed by atoms with Crippen LogP contribution < -0.4 is 10.0 Å². The van der Waals surface area contributed by atoms with Crippen LogP contribution in [0.2, 0.25) is 0 Å². The molecule has 0 saturated heterocycles. The fourth-order valence-corrected chi connectivity index (χ4v) is 4.17. The van der Waals surface area contributed by atoms with E-state index in [2.05, 4.69) is 15.1 Å². The van der Waals surface area contributed by atoms with Crippen LogP contribution in [-0.4, -0.2) is 30.1 Å². The Balaban J connectivity index is 1.79. The summed E-state index contributed by atoms with van der Waals surface area (Å²) in [6.45, 7) is 4.94. The number of amides is 1. The zero-order chi connectivity index (χ0) is 21.2. The maximum atomic E-state index is 13.8. The third-order valence-corrected chi connectivity index (χ3v) is 5.97. The first-order valence-electron chi connectivity index (χ1n) is 8.90. The molecule has 0 unspecified atom stereocenters. The first kappa shape index (κ1) is 20.7. The zero-order valence-electron chi connectivity index (χ0n) is 16.2. The van der Waals surface area contributed by atoms with E-state index in [-0.39, 0.29) is 0 Å². The summed E-state index contributed by atoms with van der Waals surface area (Å²) in [5.41, 5.74) is 2.62. The Bertz CT molecular complexity index is 1140. The van der Waals surface area contributed by atoms with Crippen molar-refractivity contribution in [2.24, 2.45) is 0 Å². The van der Waals surface area contributed by atoms with E-state index in [0.29, 0.717) is 17.1 Å². The first-order valence-corrected chi connectivity index (χ1v) is 10.4. The van der Waals surface area contributed by atoms with Crippen LogP contribution >= 0.6 is 0 Å². The average molecular weight is 416 g/mol. The van der Waals surface area contributed by atoms with Gasteiger partial charge in [-0.05, 0) is 45.0 Å². The Morgan fingerprint density at radius 3 is 2.34 bits per heavy atom. The predicted molar refractivity (Wildman–Crippen MR) is 108 cm³/mol. The molecule has 0 aliphatic carbocycles. The van der Waals surface area contributed by atoms with Gasteiger partial charge in [0.1, 0.15) is 10.7 Å². The number of para-hydroxylation sites is 1. The molecule has 2 N–H and O–H groups in total. The number of halogens is 1. The maximum Gasteiger partial charge on any atom is 0.244 e. The van der Waals surface area contributed by atoms with Crippen LogP contribution in [0.1, 0.15) is 18.3 Å². The highest BCUT2D eigenvalue weighted by molar-refractivity contribution is 7.89. The van der Waals surface area contributed by atoms with E-state index in [9.17, 15) is 17.6 Å². The summed E-state index contributed by atoms with van der Waals surface area (Å²) in [4.78, 5) is 12.1. The van der Waals surface area contributed by atoms with Gasteiger partial charge in [0.15, 0.2) is 0 Å². The minimum Gasteiger partial charge on any atom is -0.322 e. The van der Waals surface area contributed by atoms with E-state index < -0.39 is 32.7 Å². The van der Waals surface area contributed by atoms with Gasteiger partial charge in [-0.3, -0.25) is 4.79 Å². The van der Waals surface area contributed by atoms with E-state index in [1.54, 1.807) is 18.5 Å². The number of hydrogen-bond acceptors (Lipinski definition) is 4. The second kappa shape index (κ2) is 8.14. The maximum absolute atomic E-state index is 13.8. The van der Waals surface area contributed by atoms with Crippen molar-refractivity contribution in [3.05, 3.63) is 71.8 Å². The third-order valence-electron chi connectivity index (χ3n) is 4.39. The van der Waals surface area contributed by atoms with Gasteiger partial charge in [0.2, 0.25) is 15.9 Å². The summed E-state index contributed by atoms with van der Waals surface area (Å²) in [7, 11) is -4.19. The molecule has 0 saturated carbocycles. The summed E-state index contributed by atoms with van der Waals surface area (Å²) < 4.78 is 42.5. The molecule has 0 fully saturated rings. The van der Waals surface area contributed by atoms with E-state index in [0.717, 1.165) is 17.8 Å². The van der Waals surface area contributed by atoms with Crippen LogP contribution in [0.5, 0.6) is 0 Å². The number of aromatic nitrogens is 2. The normalized spacial score (nSPS) is 12.6. The zero-order valence-corrected chi connectivity index (χ0v) is 17.0. The summed E-state index contributed by atoms with van der Waals surface area (Å²) in [6, 6.07) is 13.3. The van der Waals surface area contributed by atoms with Crippen molar-refractivity contribution in [1.82, 2.24) is 14.5 Å². The van der Waals surface area contributed by atoms with Crippen molar-refractivity contribution in [1.29, 1.82) is 0 Å². The van der Waals surface area contributed by atoms with E-state index in [4.69, 9.17) is 0 Å². The van der Waals surface area contributed by atoms with Gasteiger partial charge in [-0.25, -0.2) is 17.5 Å². The fourth-order valence-electron chi connectivity index (χ4n) is 2.89. The number of nitrogens with zero attached hydrogens (tertiary/aromatic N) is 2. The highest BCUT2D eigenvalue weighted by Crippen LogP contribution is 2.23. The summed E-state index contributed by atoms with van der Waals surface area (Å²) in [6.07, 6.45) is 0. The summed E-state index contributed by atoms with van der Waals surface area (Å²) in [5, 5.41) is 7.15. The lowest BCUT2D eigenvalue weighted by atomic mass is 10.2. The number of benzene rings is 2. The molecule has 29 heavy (non-hydrogen) atoms. The molecule has 1 aromatic heterocycles. The Morgan fingerprint density at radius 1 is 1.07 bits per heavy atom. The van der Waals surface area contributed by atoms with E-state index >= 15 is 0 Å². The van der Waals surface area contributed by atoms with Crippen molar-refractivity contribution in [3.63, 3.8) is 0 Å². The number of rotatable bonds is 6. The Kier molecular flexibility index (Phi) is 5.81. The standard InChI is InChI=1S/C20H21FN4O3S/c1-13-19(15(3)25(23-13)16-9-5-4-6-10-16)22-20(26)14(2)24-29(27,28)18-12-8-7-11-17(18)21/h4-12,14,24H,1-3H3,(H,22,26)/t14-/m0/s1. The van der Waals surface area contributed by atoms with Crippen LogP contribution in [0, 0.1) is 19.7 Å². The molecule has 0 radical (unpaired) electrons. The quantitative estimate of drug-likeness (QED) is 0.646. The molecule has 0 aliphatic rings. The van der Waals surface area contributed by atoms with Gasteiger partial charge in [-0.2, -0.15) is 9.82 Å². The lowest BCUT2D eigenvalue weighted by molar-refractivity contribution is -0.117. The molecule has 3 aromatic rings. The monoisotopic (exact) mass is 416 g/mol.